The molecule has 0 saturated carbocycles. The zero-order valence-electron chi connectivity index (χ0n) is 18.8. The summed E-state index contributed by atoms with van der Waals surface area (Å²) in [5, 5.41) is 6.54. The minimum absolute atomic E-state index is 0. The second-order valence-corrected chi connectivity index (χ2v) is 9.15. The number of halogens is 1. The molecule has 176 valence electrons. The van der Waals surface area contributed by atoms with Crippen molar-refractivity contribution in [3.05, 3.63) is 53.1 Å². The van der Waals surface area contributed by atoms with Gasteiger partial charge in [-0.1, -0.05) is 12.1 Å². The minimum atomic E-state index is -3.44. The lowest BCUT2D eigenvalue weighted by Crippen LogP contribution is -2.36. The number of nitrogens with zero attached hydrogens (tertiary/aromatic N) is 1. The van der Waals surface area contributed by atoms with E-state index in [2.05, 4.69) is 33.3 Å². The molecule has 32 heavy (non-hydrogen) atoms. The van der Waals surface area contributed by atoms with Gasteiger partial charge in [0.15, 0.2) is 5.96 Å². The third-order valence-electron chi connectivity index (χ3n) is 5.01. The summed E-state index contributed by atoms with van der Waals surface area (Å²) in [5.74, 6) is 2.39. The molecule has 1 aliphatic heterocycles. The molecule has 2 aromatic carbocycles. The first kappa shape index (κ1) is 26.2. The topological polar surface area (TPSA) is 101 Å². The molecule has 0 radical (unpaired) electrons. The summed E-state index contributed by atoms with van der Waals surface area (Å²) in [5.41, 5.74) is 3.11. The van der Waals surface area contributed by atoms with Gasteiger partial charge in [-0.25, -0.2) is 13.1 Å². The number of ether oxygens (including phenoxy) is 2. The Morgan fingerprint density at radius 2 is 1.88 bits per heavy atom. The average Bonchev–Trinajstić information content (AvgIpc) is 3.13. The van der Waals surface area contributed by atoms with E-state index in [1.54, 1.807) is 31.3 Å². The predicted molar refractivity (Wildman–Crippen MR) is 137 cm³/mol. The van der Waals surface area contributed by atoms with Crippen molar-refractivity contribution >= 4 is 40.0 Å². The van der Waals surface area contributed by atoms with E-state index in [1.165, 1.54) is 12.6 Å². The number of benzene rings is 2. The van der Waals surface area contributed by atoms with Crippen LogP contribution in [0.3, 0.4) is 0 Å². The highest BCUT2D eigenvalue weighted by Crippen LogP contribution is 2.35. The molecule has 0 fully saturated rings. The standard InChI is InChI=1S/C22H30N4O4S.HI/c1-5-29-20-11-17-10-15(2)30-21(17)12-18(20)14-26-22(23-3)25-13-16-6-8-19(9-7-16)31(27,28)24-4;/h6-9,11-12,15,24H,5,10,13-14H2,1-4H3,(H2,23,25,26);1H. The van der Waals surface area contributed by atoms with Gasteiger partial charge in [0.2, 0.25) is 10.0 Å². The number of nitrogens with one attached hydrogen (secondary N) is 3. The molecule has 10 heteroatoms. The molecule has 1 heterocycles. The molecule has 1 aliphatic rings. The SMILES string of the molecule is CCOc1cc2c(cc1CNC(=NC)NCc1ccc(S(=O)(=O)NC)cc1)OC(C)C2.I. The second kappa shape index (κ2) is 11.7. The quantitative estimate of drug-likeness (QED) is 0.255. The maximum Gasteiger partial charge on any atom is 0.240 e. The number of hydrogen-bond donors (Lipinski definition) is 3. The van der Waals surface area contributed by atoms with Crippen molar-refractivity contribution in [2.24, 2.45) is 4.99 Å². The number of hydrogen-bond acceptors (Lipinski definition) is 5. The van der Waals surface area contributed by atoms with E-state index in [9.17, 15) is 8.42 Å². The molecule has 1 unspecified atom stereocenters. The van der Waals surface area contributed by atoms with Crippen molar-refractivity contribution in [1.29, 1.82) is 0 Å². The Labute approximate surface area is 207 Å². The van der Waals surface area contributed by atoms with E-state index in [1.807, 2.05) is 13.0 Å². The van der Waals surface area contributed by atoms with Crippen molar-refractivity contribution in [2.45, 2.75) is 44.4 Å². The molecular formula is C22H31IN4O4S. The van der Waals surface area contributed by atoms with Gasteiger partial charge in [0.25, 0.3) is 0 Å². The molecule has 0 amide bonds. The van der Waals surface area contributed by atoms with Crippen LogP contribution < -0.4 is 24.8 Å². The van der Waals surface area contributed by atoms with E-state index in [0.717, 1.165) is 29.0 Å². The lowest BCUT2D eigenvalue weighted by Gasteiger charge is -2.16. The van der Waals surface area contributed by atoms with E-state index >= 15 is 0 Å². The molecule has 1 atom stereocenters. The number of aliphatic imine (C=N–C) groups is 1. The van der Waals surface area contributed by atoms with Crippen LogP contribution in [-0.4, -0.2) is 41.2 Å². The fourth-order valence-corrected chi connectivity index (χ4v) is 4.13. The fraction of sp³-hybridized carbons (Fsp3) is 0.409. The van der Waals surface area contributed by atoms with Crippen LogP contribution >= 0.6 is 24.0 Å². The first-order valence-corrected chi connectivity index (χ1v) is 11.8. The van der Waals surface area contributed by atoms with Crippen LogP contribution in [-0.2, 0) is 29.5 Å². The van der Waals surface area contributed by atoms with Crippen LogP contribution in [0.25, 0.3) is 0 Å². The number of fused-ring (bicyclic) bond motifs is 1. The van der Waals surface area contributed by atoms with Gasteiger partial charge in [-0.15, -0.1) is 24.0 Å². The van der Waals surface area contributed by atoms with Crippen LogP contribution in [0.15, 0.2) is 46.3 Å². The molecule has 3 N–H and O–H groups in total. The molecule has 0 bridgehead atoms. The van der Waals surface area contributed by atoms with Crippen molar-refractivity contribution < 1.29 is 17.9 Å². The van der Waals surface area contributed by atoms with Gasteiger partial charge in [-0.05, 0) is 50.7 Å². The molecule has 2 aromatic rings. The summed E-state index contributed by atoms with van der Waals surface area (Å²) >= 11 is 0. The smallest absolute Gasteiger partial charge is 0.240 e. The molecule has 0 saturated heterocycles. The normalized spacial score (nSPS) is 15.4. The maximum absolute atomic E-state index is 11.8. The van der Waals surface area contributed by atoms with Gasteiger partial charge in [-0.3, -0.25) is 4.99 Å². The van der Waals surface area contributed by atoms with Crippen molar-refractivity contribution in [2.75, 3.05) is 20.7 Å². The van der Waals surface area contributed by atoms with Crippen LogP contribution in [0.2, 0.25) is 0 Å². The Morgan fingerprint density at radius 3 is 2.50 bits per heavy atom. The summed E-state index contributed by atoms with van der Waals surface area (Å²) in [4.78, 5) is 4.50. The first-order chi connectivity index (χ1) is 14.9. The van der Waals surface area contributed by atoms with Crippen LogP contribution in [0.1, 0.15) is 30.5 Å². The number of guanidine groups is 1. The lowest BCUT2D eigenvalue weighted by molar-refractivity contribution is 0.254. The molecule has 0 aromatic heterocycles. The third-order valence-corrected chi connectivity index (χ3v) is 6.44. The Hall–Kier alpha value is -2.05. The Kier molecular flexibility index (Phi) is 9.59. The van der Waals surface area contributed by atoms with Crippen molar-refractivity contribution in [3.63, 3.8) is 0 Å². The number of rotatable bonds is 8. The monoisotopic (exact) mass is 574 g/mol. The van der Waals surface area contributed by atoms with Crippen LogP contribution in [0, 0.1) is 0 Å². The molecule has 0 spiro atoms. The summed E-state index contributed by atoms with van der Waals surface area (Å²) in [6.07, 6.45) is 1.07. The van der Waals surface area contributed by atoms with Gasteiger partial charge in [-0.2, -0.15) is 0 Å². The van der Waals surface area contributed by atoms with Crippen molar-refractivity contribution in [1.82, 2.24) is 15.4 Å². The molecule has 8 nitrogen and oxygen atoms in total. The Balaban J connectivity index is 0.00000363. The molecule has 3 rings (SSSR count). The number of sulfonamides is 1. The van der Waals surface area contributed by atoms with Crippen LogP contribution in [0.4, 0.5) is 0 Å². The third kappa shape index (κ3) is 6.48. The highest BCUT2D eigenvalue weighted by atomic mass is 127. The summed E-state index contributed by atoms with van der Waals surface area (Å²) in [6, 6.07) is 10.8. The zero-order chi connectivity index (χ0) is 22.4. The molecule has 0 aliphatic carbocycles. The first-order valence-electron chi connectivity index (χ1n) is 10.3. The summed E-state index contributed by atoms with van der Waals surface area (Å²) < 4.78 is 37.7. The van der Waals surface area contributed by atoms with E-state index in [0.29, 0.717) is 25.7 Å². The lowest BCUT2D eigenvalue weighted by atomic mass is 10.1. The average molecular weight is 574 g/mol. The maximum atomic E-state index is 11.8. The largest absolute Gasteiger partial charge is 0.494 e. The second-order valence-electron chi connectivity index (χ2n) is 7.26. The fourth-order valence-electron chi connectivity index (χ4n) is 3.40. The van der Waals surface area contributed by atoms with Gasteiger partial charge in [0.1, 0.15) is 17.6 Å². The summed E-state index contributed by atoms with van der Waals surface area (Å²) in [7, 11) is -0.338. The Bertz CT molecular complexity index is 1040. The Morgan fingerprint density at radius 1 is 1.19 bits per heavy atom. The van der Waals surface area contributed by atoms with Gasteiger partial charge < -0.3 is 20.1 Å². The zero-order valence-corrected chi connectivity index (χ0v) is 21.9. The van der Waals surface area contributed by atoms with Gasteiger partial charge >= 0.3 is 0 Å². The van der Waals surface area contributed by atoms with E-state index in [4.69, 9.17) is 9.47 Å². The highest BCUT2D eigenvalue weighted by molar-refractivity contribution is 14.0. The minimum Gasteiger partial charge on any atom is -0.494 e. The highest BCUT2D eigenvalue weighted by Gasteiger charge is 2.22. The van der Waals surface area contributed by atoms with Gasteiger partial charge in [0.05, 0.1) is 11.5 Å². The van der Waals surface area contributed by atoms with Crippen LogP contribution in [0.5, 0.6) is 11.5 Å². The van der Waals surface area contributed by atoms with Crippen molar-refractivity contribution in [3.8, 4) is 11.5 Å². The van der Waals surface area contributed by atoms with E-state index in [-0.39, 0.29) is 35.0 Å². The summed E-state index contributed by atoms with van der Waals surface area (Å²) in [6.45, 7) is 5.65. The van der Waals surface area contributed by atoms with E-state index < -0.39 is 10.0 Å². The molecular weight excluding hydrogens is 543 g/mol. The predicted octanol–water partition coefficient (Wildman–Crippen LogP) is 2.80. The van der Waals surface area contributed by atoms with Gasteiger partial charge in [0, 0.05) is 37.7 Å².